The lowest BCUT2D eigenvalue weighted by Gasteiger charge is -2.18. The number of benzene rings is 1. The number of aliphatic imine (C=N–C) groups is 1. The van der Waals surface area contributed by atoms with Crippen LogP contribution in [0.3, 0.4) is 0 Å². The maximum absolute atomic E-state index is 9.59. The zero-order chi connectivity index (χ0) is 17.9. The zero-order valence-corrected chi connectivity index (χ0v) is 17.6. The Morgan fingerprint density at radius 2 is 2.00 bits per heavy atom. The van der Waals surface area contributed by atoms with Gasteiger partial charge in [0.1, 0.15) is 6.61 Å². The monoisotopic (exact) mass is 490 g/mol. The van der Waals surface area contributed by atoms with Gasteiger partial charge in [0, 0.05) is 31.8 Å². The number of aromatic nitrogens is 1. The Balaban J connectivity index is 0.00000338. The second-order valence-electron chi connectivity index (χ2n) is 5.33. The van der Waals surface area contributed by atoms with Crippen LogP contribution in [-0.4, -0.2) is 49.4 Å². The number of rotatable bonds is 8. The average molecular weight is 491 g/mol. The van der Waals surface area contributed by atoms with E-state index in [0.29, 0.717) is 36.6 Å². The van der Waals surface area contributed by atoms with Crippen molar-refractivity contribution in [2.75, 3.05) is 33.4 Å². The largest absolute Gasteiger partial charge is 0.476 e. The van der Waals surface area contributed by atoms with Crippen LogP contribution in [0.25, 0.3) is 0 Å². The normalized spacial score (nSPS) is 12.0. The Labute approximate surface area is 176 Å². The van der Waals surface area contributed by atoms with Gasteiger partial charge in [0.2, 0.25) is 5.88 Å². The van der Waals surface area contributed by atoms with Gasteiger partial charge in [-0.05, 0) is 11.6 Å². The van der Waals surface area contributed by atoms with Crippen LogP contribution in [0.4, 0.5) is 0 Å². The molecule has 3 N–H and O–H groups in total. The summed E-state index contributed by atoms with van der Waals surface area (Å²) in [5.41, 5.74) is 1.09. The molecule has 0 saturated heterocycles. The predicted octanol–water partition coefficient (Wildman–Crippen LogP) is 2.67. The highest BCUT2D eigenvalue weighted by Gasteiger charge is 2.10. The van der Waals surface area contributed by atoms with Crippen molar-refractivity contribution >= 4 is 41.5 Å². The van der Waals surface area contributed by atoms with Crippen LogP contribution in [0, 0.1) is 0 Å². The van der Waals surface area contributed by atoms with Gasteiger partial charge in [0.25, 0.3) is 0 Å². The highest BCUT2D eigenvalue weighted by atomic mass is 127. The van der Waals surface area contributed by atoms with Crippen molar-refractivity contribution < 1.29 is 9.84 Å². The first-order valence-electron chi connectivity index (χ1n) is 8.07. The number of aliphatic hydroxyl groups excluding tert-OH is 1. The molecular weight excluding hydrogens is 467 g/mol. The summed E-state index contributed by atoms with van der Waals surface area (Å²) in [5, 5.41) is 16.5. The van der Waals surface area contributed by atoms with Crippen LogP contribution in [0.5, 0.6) is 5.88 Å². The molecule has 1 atom stereocenters. The van der Waals surface area contributed by atoms with Crippen molar-refractivity contribution in [3.8, 4) is 5.88 Å². The summed E-state index contributed by atoms with van der Waals surface area (Å²) in [6.07, 6.45) is 1.55. The molecule has 0 aliphatic carbocycles. The number of guanidine groups is 1. The van der Waals surface area contributed by atoms with Crippen molar-refractivity contribution in [2.24, 2.45) is 4.99 Å². The number of aliphatic hydroxyl groups is 1. The summed E-state index contributed by atoms with van der Waals surface area (Å²) in [6, 6.07) is 13.4. The van der Waals surface area contributed by atoms with E-state index in [0.717, 1.165) is 5.56 Å². The molecule has 2 rings (SSSR count). The van der Waals surface area contributed by atoms with Crippen molar-refractivity contribution in [1.82, 2.24) is 15.6 Å². The van der Waals surface area contributed by atoms with Crippen molar-refractivity contribution in [3.63, 3.8) is 0 Å². The zero-order valence-electron chi connectivity index (χ0n) is 14.6. The average Bonchev–Trinajstić information content (AvgIpc) is 2.66. The maximum Gasteiger partial charge on any atom is 0.213 e. The molecule has 0 radical (unpaired) electrons. The summed E-state index contributed by atoms with van der Waals surface area (Å²) in [5.74, 6) is 1.19. The van der Waals surface area contributed by atoms with Gasteiger partial charge in [-0.2, -0.15) is 0 Å². The highest BCUT2D eigenvalue weighted by Crippen LogP contribution is 2.13. The molecule has 2 aromatic rings. The van der Waals surface area contributed by atoms with E-state index in [9.17, 15) is 5.11 Å². The lowest BCUT2D eigenvalue weighted by molar-refractivity contribution is 0.265. The maximum atomic E-state index is 9.59. The van der Waals surface area contributed by atoms with E-state index in [-0.39, 0.29) is 36.5 Å². The number of ether oxygens (including phenoxy) is 1. The third-order valence-corrected chi connectivity index (χ3v) is 3.80. The van der Waals surface area contributed by atoms with Crippen LogP contribution in [0.15, 0.2) is 53.7 Å². The number of hydrogen-bond donors (Lipinski definition) is 3. The Bertz CT molecular complexity index is 656. The van der Waals surface area contributed by atoms with Gasteiger partial charge in [-0.15, -0.1) is 24.0 Å². The van der Waals surface area contributed by atoms with E-state index in [1.165, 1.54) is 0 Å². The van der Waals surface area contributed by atoms with Crippen molar-refractivity contribution in [2.45, 2.75) is 5.92 Å². The van der Waals surface area contributed by atoms with E-state index in [2.05, 4.69) is 20.6 Å². The standard InChI is InChI=1S/C18H23ClN4O2.HI/c1-20-18(21-9-10-25-17-8-7-16(19)12-22-17)23-11-15(13-24)14-5-3-2-4-6-14;/h2-8,12,15,24H,9-11,13H2,1H3,(H2,20,21,23);1H. The fraction of sp³-hybridized carbons (Fsp3) is 0.333. The molecule has 1 unspecified atom stereocenters. The molecule has 0 spiro atoms. The minimum atomic E-state index is 0. The van der Waals surface area contributed by atoms with E-state index in [4.69, 9.17) is 16.3 Å². The molecule has 1 heterocycles. The number of halogens is 2. The lowest BCUT2D eigenvalue weighted by Crippen LogP contribution is -2.41. The molecular formula is C18H24ClIN4O2. The number of pyridine rings is 1. The van der Waals surface area contributed by atoms with Crippen LogP contribution in [0.2, 0.25) is 5.02 Å². The first kappa shape index (κ1) is 22.5. The van der Waals surface area contributed by atoms with Gasteiger partial charge in [-0.1, -0.05) is 41.9 Å². The van der Waals surface area contributed by atoms with Crippen LogP contribution in [-0.2, 0) is 0 Å². The Hall–Kier alpha value is -1.58. The number of nitrogens with zero attached hydrogens (tertiary/aromatic N) is 2. The molecule has 0 bridgehead atoms. The Kier molecular flexibility index (Phi) is 11.0. The summed E-state index contributed by atoms with van der Waals surface area (Å²) in [6.45, 7) is 1.66. The molecule has 0 amide bonds. The first-order valence-corrected chi connectivity index (χ1v) is 8.45. The molecule has 26 heavy (non-hydrogen) atoms. The molecule has 0 aliphatic rings. The van der Waals surface area contributed by atoms with Crippen LogP contribution in [0.1, 0.15) is 11.5 Å². The quantitative estimate of drug-likeness (QED) is 0.230. The molecule has 0 fully saturated rings. The van der Waals surface area contributed by atoms with Gasteiger partial charge in [0.05, 0.1) is 18.2 Å². The van der Waals surface area contributed by atoms with Gasteiger partial charge < -0.3 is 20.5 Å². The second-order valence-corrected chi connectivity index (χ2v) is 5.77. The van der Waals surface area contributed by atoms with Gasteiger partial charge >= 0.3 is 0 Å². The summed E-state index contributed by atoms with van der Waals surface area (Å²) < 4.78 is 5.52. The third-order valence-electron chi connectivity index (χ3n) is 3.58. The van der Waals surface area contributed by atoms with E-state index < -0.39 is 0 Å². The van der Waals surface area contributed by atoms with Gasteiger partial charge in [0.15, 0.2) is 5.96 Å². The highest BCUT2D eigenvalue weighted by molar-refractivity contribution is 14.0. The smallest absolute Gasteiger partial charge is 0.213 e. The summed E-state index contributed by atoms with van der Waals surface area (Å²) >= 11 is 5.78. The van der Waals surface area contributed by atoms with Crippen molar-refractivity contribution in [3.05, 3.63) is 59.2 Å². The number of hydrogen-bond acceptors (Lipinski definition) is 4. The third kappa shape index (κ3) is 7.76. The number of nitrogens with one attached hydrogen (secondary N) is 2. The Morgan fingerprint density at radius 3 is 2.62 bits per heavy atom. The second kappa shape index (κ2) is 12.7. The van der Waals surface area contributed by atoms with Crippen LogP contribution < -0.4 is 15.4 Å². The van der Waals surface area contributed by atoms with Gasteiger partial charge in [-0.3, -0.25) is 4.99 Å². The molecule has 8 heteroatoms. The fourth-order valence-corrected chi connectivity index (χ4v) is 2.34. The predicted molar refractivity (Wildman–Crippen MR) is 116 cm³/mol. The molecule has 142 valence electrons. The molecule has 1 aromatic carbocycles. The summed E-state index contributed by atoms with van der Waals surface area (Å²) in [7, 11) is 1.70. The summed E-state index contributed by atoms with van der Waals surface area (Å²) in [4.78, 5) is 8.23. The van der Waals surface area contributed by atoms with E-state index in [1.54, 1.807) is 25.4 Å². The molecule has 1 aromatic heterocycles. The van der Waals surface area contributed by atoms with Gasteiger partial charge in [-0.25, -0.2) is 4.98 Å². The molecule has 0 saturated carbocycles. The lowest BCUT2D eigenvalue weighted by atomic mass is 10.0. The van der Waals surface area contributed by atoms with E-state index in [1.807, 2.05) is 30.3 Å². The fourth-order valence-electron chi connectivity index (χ4n) is 2.23. The minimum Gasteiger partial charge on any atom is -0.476 e. The van der Waals surface area contributed by atoms with Crippen molar-refractivity contribution in [1.29, 1.82) is 0 Å². The van der Waals surface area contributed by atoms with E-state index >= 15 is 0 Å². The molecule has 0 aliphatic heterocycles. The van der Waals surface area contributed by atoms with Crippen LogP contribution >= 0.6 is 35.6 Å². The topological polar surface area (TPSA) is 78.8 Å². The SMILES string of the molecule is CN=C(NCCOc1ccc(Cl)cn1)NCC(CO)c1ccccc1.I. The first-order chi connectivity index (χ1) is 12.2. The minimum absolute atomic E-state index is 0. The Morgan fingerprint density at radius 1 is 1.23 bits per heavy atom. The molecule has 6 nitrogen and oxygen atoms in total.